The summed E-state index contributed by atoms with van der Waals surface area (Å²) in [6.45, 7) is 3.98. The molecule has 10 heavy (non-hydrogen) atoms. The van der Waals surface area contributed by atoms with Gasteiger partial charge in [0.2, 0.25) is 0 Å². The highest BCUT2D eigenvalue weighted by Gasteiger charge is 2.07. The molecule has 0 aliphatic carbocycles. The van der Waals surface area contributed by atoms with Crippen molar-refractivity contribution in [2.45, 2.75) is 20.3 Å². The zero-order chi connectivity index (χ0) is 8.20. The summed E-state index contributed by atoms with van der Waals surface area (Å²) in [5.74, 6) is 0.210. The molecule has 0 aliphatic rings. The summed E-state index contributed by atoms with van der Waals surface area (Å²) in [4.78, 5) is 0. The molecule has 5 heteroatoms. The molecule has 1 unspecified atom stereocenters. The summed E-state index contributed by atoms with van der Waals surface area (Å²) < 4.78 is 31.3. The molecule has 0 saturated heterocycles. The Bertz CT molecular complexity index is 175. The molecular formula is C5H12NO3S. The Balaban J connectivity index is 3.56. The number of rotatable bonds is 4. The maximum absolute atomic E-state index is 10.0. The fraction of sp³-hybridized carbons (Fsp3) is 1.00. The Labute approximate surface area is 61.5 Å². The van der Waals surface area contributed by atoms with Crippen molar-refractivity contribution in [1.29, 1.82) is 0 Å². The molecule has 0 saturated carbocycles. The topological polar surface area (TPSA) is 68.5 Å². The van der Waals surface area contributed by atoms with Crippen LogP contribution in [0.3, 0.4) is 0 Å². The van der Waals surface area contributed by atoms with Gasteiger partial charge in [0.25, 0.3) is 0 Å². The SMILES string of the molecule is CCC(C)C[N]S(=O)(=O)O. The number of hydrogen-bond acceptors (Lipinski definition) is 2. The van der Waals surface area contributed by atoms with Crippen molar-refractivity contribution in [2.75, 3.05) is 6.54 Å². The largest absolute Gasteiger partial charge is 0.350 e. The number of hydrogen-bond donors (Lipinski definition) is 1. The van der Waals surface area contributed by atoms with E-state index < -0.39 is 10.3 Å². The van der Waals surface area contributed by atoms with Crippen LogP contribution in [-0.2, 0) is 10.3 Å². The van der Waals surface area contributed by atoms with Gasteiger partial charge in [-0.25, -0.2) is 0 Å². The minimum Gasteiger partial charge on any atom is -0.272 e. The molecule has 4 nitrogen and oxygen atoms in total. The molecule has 0 amide bonds. The molecule has 1 radical (unpaired) electrons. The summed E-state index contributed by atoms with van der Waals surface area (Å²) in [5.41, 5.74) is 0. The van der Waals surface area contributed by atoms with Gasteiger partial charge in [0.05, 0.1) is 0 Å². The van der Waals surface area contributed by atoms with Gasteiger partial charge >= 0.3 is 10.3 Å². The van der Waals surface area contributed by atoms with E-state index >= 15 is 0 Å². The average Bonchev–Trinajstić information content (AvgIpc) is 1.81. The lowest BCUT2D eigenvalue weighted by Crippen LogP contribution is -2.20. The highest BCUT2D eigenvalue weighted by Crippen LogP contribution is 1.98. The van der Waals surface area contributed by atoms with E-state index in [2.05, 4.69) is 4.72 Å². The molecule has 0 aliphatic heterocycles. The molecule has 1 N–H and O–H groups in total. The molecular weight excluding hydrogens is 154 g/mol. The van der Waals surface area contributed by atoms with Crippen LogP contribution in [0, 0.1) is 5.92 Å². The Hall–Kier alpha value is -0.130. The molecule has 0 spiro atoms. The minimum atomic E-state index is -4.10. The summed E-state index contributed by atoms with van der Waals surface area (Å²) >= 11 is 0. The molecule has 1 atom stereocenters. The van der Waals surface area contributed by atoms with Crippen LogP contribution in [-0.4, -0.2) is 19.5 Å². The summed E-state index contributed by atoms with van der Waals surface area (Å²) in [6.07, 6.45) is 0.860. The molecule has 0 aromatic carbocycles. The predicted octanol–water partition coefficient (Wildman–Crippen LogP) is 0.440. The first kappa shape index (κ1) is 9.87. The normalized spacial score (nSPS) is 15.1. The van der Waals surface area contributed by atoms with Crippen molar-refractivity contribution in [1.82, 2.24) is 4.72 Å². The van der Waals surface area contributed by atoms with Crippen molar-refractivity contribution in [3.05, 3.63) is 0 Å². The smallest absolute Gasteiger partial charge is 0.272 e. The lowest BCUT2D eigenvalue weighted by molar-refractivity contribution is 0.449. The van der Waals surface area contributed by atoms with Gasteiger partial charge < -0.3 is 0 Å². The van der Waals surface area contributed by atoms with Gasteiger partial charge in [0.1, 0.15) is 0 Å². The van der Waals surface area contributed by atoms with E-state index in [9.17, 15) is 8.42 Å². The highest BCUT2D eigenvalue weighted by molar-refractivity contribution is 7.83. The molecule has 0 heterocycles. The van der Waals surface area contributed by atoms with E-state index in [1.165, 1.54) is 0 Å². The van der Waals surface area contributed by atoms with Crippen molar-refractivity contribution in [3.8, 4) is 0 Å². The van der Waals surface area contributed by atoms with Crippen molar-refractivity contribution >= 4 is 10.3 Å². The lowest BCUT2D eigenvalue weighted by Gasteiger charge is -2.04. The Morgan fingerprint density at radius 2 is 2.10 bits per heavy atom. The third-order valence-corrected chi connectivity index (χ3v) is 1.72. The van der Waals surface area contributed by atoms with Crippen LogP contribution in [0.4, 0.5) is 0 Å². The summed E-state index contributed by atoms with van der Waals surface area (Å²) in [5, 5.41) is 0. The highest BCUT2D eigenvalue weighted by atomic mass is 32.2. The zero-order valence-corrected chi connectivity index (χ0v) is 6.93. The van der Waals surface area contributed by atoms with Crippen LogP contribution in [0.25, 0.3) is 0 Å². The lowest BCUT2D eigenvalue weighted by atomic mass is 10.1. The summed E-state index contributed by atoms with van der Waals surface area (Å²) in [6, 6.07) is 0. The molecule has 61 valence electrons. The van der Waals surface area contributed by atoms with Gasteiger partial charge in [-0.2, -0.15) is 8.42 Å². The van der Waals surface area contributed by atoms with Crippen LogP contribution in [0.1, 0.15) is 20.3 Å². The Morgan fingerprint density at radius 1 is 1.60 bits per heavy atom. The second-order valence-electron chi connectivity index (χ2n) is 2.27. The molecule has 0 aromatic rings. The van der Waals surface area contributed by atoms with Crippen LogP contribution >= 0.6 is 0 Å². The Morgan fingerprint density at radius 3 is 2.40 bits per heavy atom. The van der Waals surface area contributed by atoms with Gasteiger partial charge in [-0.05, 0) is 5.92 Å². The molecule has 0 fully saturated rings. The predicted molar refractivity (Wildman–Crippen MR) is 38.0 cm³/mol. The van der Waals surface area contributed by atoms with Gasteiger partial charge in [-0.3, -0.25) is 4.55 Å². The van der Waals surface area contributed by atoms with Gasteiger partial charge in [-0.15, -0.1) is 0 Å². The average molecular weight is 166 g/mol. The molecule has 0 aromatic heterocycles. The van der Waals surface area contributed by atoms with Crippen LogP contribution in [0.2, 0.25) is 0 Å². The van der Waals surface area contributed by atoms with E-state index in [1.807, 2.05) is 13.8 Å². The van der Waals surface area contributed by atoms with E-state index in [-0.39, 0.29) is 12.5 Å². The maximum atomic E-state index is 10.0. The van der Waals surface area contributed by atoms with Crippen molar-refractivity contribution in [2.24, 2.45) is 5.92 Å². The summed E-state index contributed by atoms with van der Waals surface area (Å²) in [7, 11) is -4.10. The first-order valence-electron chi connectivity index (χ1n) is 3.12. The van der Waals surface area contributed by atoms with Gasteiger partial charge in [0, 0.05) is 6.54 Å². The van der Waals surface area contributed by atoms with Crippen LogP contribution < -0.4 is 4.72 Å². The first-order chi connectivity index (χ1) is 4.45. The third-order valence-electron chi connectivity index (χ3n) is 1.25. The third kappa shape index (κ3) is 6.00. The first-order valence-corrected chi connectivity index (χ1v) is 4.51. The van der Waals surface area contributed by atoms with Crippen molar-refractivity contribution in [3.63, 3.8) is 0 Å². The van der Waals surface area contributed by atoms with Crippen molar-refractivity contribution < 1.29 is 13.0 Å². The van der Waals surface area contributed by atoms with Crippen LogP contribution in [0.5, 0.6) is 0 Å². The van der Waals surface area contributed by atoms with Gasteiger partial charge in [0.15, 0.2) is 0 Å². The maximum Gasteiger partial charge on any atom is 0.350 e. The van der Waals surface area contributed by atoms with E-state index in [1.54, 1.807) is 0 Å². The minimum absolute atomic E-state index is 0.176. The quantitative estimate of drug-likeness (QED) is 0.616. The Kier molecular flexibility index (Phi) is 3.85. The molecule has 0 rings (SSSR count). The fourth-order valence-corrected chi connectivity index (χ4v) is 0.793. The molecule has 0 bridgehead atoms. The monoisotopic (exact) mass is 166 g/mol. The standard InChI is InChI=1S/C5H12NO3S/c1-3-5(2)4-6-10(7,8)9/h5H,3-4H2,1-2H3,(H,7,8,9). The van der Waals surface area contributed by atoms with E-state index in [0.29, 0.717) is 0 Å². The number of nitrogens with zero attached hydrogens (tertiary/aromatic N) is 1. The van der Waals surface area contributed by atoms with E-state index in [4.69, 9.17) is 4.55 Å². The second kappa shape index (κ2) is 3.90. The van der Waals surface area contributed by atoms with Crippen LogP contribution in [0.15, 0.2) is 0 Å². The fourth-order valence-electron chi connectivity index (χ4n) is 0.351. The van der Waals surface area contributed by atoms with Gasteiger partial charge in [-0.1, -0.05) is 25.0 Å². The van der Waals surface area contributed by atoms with E-state index in [0.717, 1.165) is 6.42 Å². The second-order valence-corrected chi connectivity index (χ2v) is 3.43. The zero-order valence-electron chi connectivity index (χ0n) is 6.11.